The molecule has 2 heterocycles. The largest absolute Gasteiger partial charge is 0.456 e. The first-order valence-electron chi connectivity index (χ1n) is 20.0. The molecule has 0 bridgehead atoms. The van der Waals surface area contributed by atoms with E-state index in [1.165, 1.54) is 0 Å². The van der Waals surface area contributed by atoms with Gasteiger partial charge in [-0.3, -0.25) is 0 Å². The fraction of sp³-hybridized carbons (Fsp3) is 0. The van der Waals surface area contributed by atoms with Crippen LogP contribution in [0.1, 0.15) is 9.60 Å². The first-order chi connectivity index (χ1) is 28.2. The second-order valence-electron chi connectivity index (χ2n) is 12.2. The summed E-state index contributed by atoms with van der Waals surface area (Å²) in [4.78, 5) is 15.0. The Morgan fingerprint density at radius 1 is 0.392 bits per heavy atom. The van der Waals surface area contributed by atoms with E-state index >= 15 is 0 Å². The highest BCUT2D eigenvalue weighted by atomic mass is 16.3. The second-order valence-corrected chi connectivity index (χ2v) is 12.2. The zero-order chi connectivity index (χ0) is 39.8. The van der Waals surface area contributed by atoms with E-state index in [2.05, 4.69) is 24.3 Å². The van der Waals surface area contributed by atoms with Crippen LogP contribution in [0.5, 0.6) is 0 Å². The summed E-state index contributed by atoms with van der Waals surface area (Å²) in [7, 11) is 0. The number of benzene rings is 8. The molecule has 0 saturated carbocycles. The Balaban J connectivity index is 1.14. The van der Waals surface area contributed by atoms with Crippen LogP contribution >= 0.6 is 0 Å². The third-order valence-corrected chi connectivity index (χ3v) is 9.21. The minimum absolute atomic E-state index is 0.0920. The number of hydrogen-bond donors (Lipinski definition) is 0. The molecule has 0 atom stereocenters. The Bertz CT molecular complexity index is 3310. The normalized spacial score (nSPS) is 13.5. The fourth-order valence-corrected chi connectivity index (χ4v) is 6.78. The van der Waals surface area contributed by atoms with Gasteiger partial charge in [-0.2, -0.15) is 0 Å². The highest BCUT2D eigenvalue weighted by Gasteiger charge is 2.17. The first kappa shape index (κ1) is 22.7. The van der Waals surface area contributed by atoms with Crippen LogP contribution in [0, 0.1) is 0 Å². The molecular weight excluding hydrogens is 623 g/mol. The molecular formula is C47H29N3O. The van der Waals surface area contributed by atoms with Gasteiger partial charge in [0.05, 0.1) is 9.60 Å². The van der Waals surface area contributed by atoms with Gasteiger partial charge in [-0.05, 0) is 68.0 Å². The molecule has 0 fully saturated rings. The lowest BCUT2D eigenvalue weighted by Gasteiger charge is -2.13. The predicted octanol–water partition coefficient (Wildman–Crippen LogP) is 12.4. The van der Waals surface area contributed by atoms with Gasteiger partial charge in [-0.25, -0.2) is 15.0 Å². The number of rotatable bonds is 5. The third kappa shape index (κ3) is 5.04. The molecule has 0 aliphatic rings. The summed E-state index contributed by atoms with van der Waals surface area (Å²) in [6.45, 7) is 0. The number of para-hydroxylation sites is 1. The molecule has 0 unspecified atom stereocenters. The minimum atomic E-state index is -0.504. The molecule has 0 aliphatic heterocycles. The van der Waals surface area contributed by atoms with Crippen LogP contribution in [0.4, 0.5) is 0 Å². The van der Waals surface area contributed by atoms with Gasteiger partial charge in [0.15, 0.2) is 17.5 Å². The van der Waals surface area contributed by atoms with E-state index in [-0.39, 0.29) is 34.5 Å². The Kier molecular flexibility index (Phi) is 5.29. The summed E-state index contributed by atoms with van der Waals surface area (Å²) < 4.78 is 66.7. The number of fused-ring (bicyclic) bond motifs is 5. The molecule has 4 nitrogen and oxygen atoms in total. The molecule has 0 spiro atoms. The monoisotopic (exact) mass is 658 g/mol. The highest BCUT2D eigenvalue weighted by Crippen LogP contribution is 2.39. The Labute approximate surface area is 304 Å². The van der Waals surface area contributed by atoms with Crippen molar-refractivity contribution >= 4 is 43.5 Å². The standard InChI is InChI=1S/C47H29N3O/c1-2-12-32(13-3-1)45-48-46(33-24-22-31(23-25-33)37-18-10-20-43-44(37)41-17-8-9-19-42(41)51-43)50-47(49-45)40-28-27-36(38-15-6-7-16-39(38)40)35-26-21-30-11-4-5-14-34(30)29-35/h1-29H/i4D,5D,11D,14D,21D,26D,29D. The average molecular weight is 659 g/mol. The van der Waals surface area contributed by atoms with Gasteiger partial charge in [-0.15, -0.1) is 0 Å². The van der Waals surface area contributed by atoms with Gasteiger partial charge in [0.25, 0.3) is 0 Å². The van der Waals surface area contributed by atoms with E-state index in [1.54, 1.807) is 6.07 Å². The van der Waals surface area contributed by atoms with Crippen molar-refractivity contribution in [3.05, 3.63) is 176 Å². The molecule has 0 aliphatic carbocycles. The Hall–Kier alpha value is -6.91. The van der Waals surface area contributed by atoms with Gasteiger partial charge < -0.3 is 4.42 Å². The molecule has 51 heavy (non-hydrogen) atoms. The smallest absolute Gasteiger partial charge is 0.164 e. The lowest BCUT2D eigenvalue weighted by molar-refractivity contribution is 0.669. The Morgan fingerprint density at radius 2 is 1.00 bits per heavy atom. The lowest BCUT2D eigenvalue weighted by atomic mass is 9.93. The van der Waals surface area contributed by atoms with E-state index in [1.807, 2.05) is 103 Å². The van der Waals surface area contributed by atoms with Gasteiger partial charge in [0, 0.05) is 27.5 Å². The Morgan fingerprint density at radius 3 is 1.80 bits per heavy atom. The molecule has 0 amide bonds. The van der Waals surface area contributed by atoms with Gasteiger partial charge in [0.1, 0.15) is 11.2 Å². The minimum Gasteiger partial charge on any atom is -0.456 e. The quantitative estimate of drug-likeness (QED) is 0.185. The summed E-state index contributed by atoms with van der Waals surface area (Å²) in [5.41, 5.74) is 6.59. The molecule has 0 saturated heterocycles. The molecule has 2 aromatic heterocycles. The van der Waals surface area contributed by atoms with Gasteiger partial charge in [0.2, 0.25) is 0 Å². The topological polar surface area (TPSA) is 51.8 Å². The van der Waals surface area contributed by atoms with Gasteiger partial charge >= 0.3 is 0 Å². The van der Waals surface area contributed by atoms with Crippen molar-refractivity contribution < 1.29 is 14.0 Å². The number of aromatic nitrogens is 3. The van der Waals surface area contributed by atoms with Crippen LogP contribution in [0.3, 0.4) is 0 Å². The molecule has 4 heteroatoms. The summed E-state index contributed by atoms with van der Waals surface area (Å²) in [6, 6.07) is 40.3. The third-order valence-electron chi connectivity index (χ3n) is 9.21. The van der Waals surface area contributed by atoms with Crippen molar-refractivity contribution in [2.24, 2.45) is 0 Å². The van der Waals surface area contributed by atoms with Gasteiger partial charge in [-0.1, -0.05) is 152 Å². The number of furan rings is 1. The van der Waals surface area contributed by atoms with Crippen LogP contribution in [0.2, 0.25) is 0 Å². The summed E-state index contributed by atoms with van der Waals surface area (Å²) >= 11 is 0. The van der Waals surface area contributed by atoms with E-state index in [0.717, 1.165) is 49.6 Å². The summed E-state index contributed by atoms with van der Waals surface area (Å²) in [6.07, 6.45) is 0. The van der Waals surface area contributed by atoms with Crippen LogP contribution < -0.4 is 0 Å². The first-order valence-corrected chi connectivity index (χ1v) is 16.5. The number of hydrogen-bond acceptors (Lipinski definition) is 4. The summed E-state index contributed by atoms with van der Waals surface area (Å²) in [5.74, 6) is 1.37. The van der Waals surface area contributed by atoms with Crippen LogP contribution in [0.15, 0.2) is 180 Å². The summed E-state index contributed by atoms with van der Waals surface area (Å²) in [5, 5.41) is 3.26. The van der Waals surface area contributed by atoms with Crippen LogP contribution in [0.25, 0.3) is 99.9 Å². The maximum atomic E-state index is 9.21. The SMILES string of the molecule is [2H]c1c([2H])c([2H])c2c([2H])c(-c3ccc(-c4nc(-c5ccccc5)nc(-c5ccc(-c6cccc7oc8ccccc8c67)cc5)n4)c4ccccc34)c([2H])c([2H])c2c1[2H]. The number of nitrogens with zero attached hydrogens (tertiary/aromatic N) is 3. The maximum Gasteiger partial charge on any atom is 0.164 e. The molecule has 238 valence electrons. The fourth-order valence-electron chi connectivity index (χ4n) is 6.78. The molecule has 8 aromatic carbocycles. The zero-order valence-electron chi connectivity index (χ0n) is 34.0. The van der Waals surface area contributed by atoms with E-state index < -0.39 is 24.2 Å². The van der Waals surface area contributed by atoms with Crippen LogP contribution in [-0.4, -0.2) is 15.0 Å². The highest BCUT2D eigenvalue weighted by molar-refractivity contribution is 6.12. The molecule has 0 radical (unpaired) electrons. The zero-order valence-corrected chi connectivity index (χ0v) is 27.0. The van der Waals surface area contributed by atoms with E-state index in [9.17, 15) is 1.37 Å². The van der Waals surface area contributed by atoms with Crippen molar-refractivity contribution in [2.75, 3.05) is 0 Å². The van der Waals surface area contributed by atoms with Crippen molar-refractivity contribution in [3.63, 3.8) is 0 Å². The molecule has 0 N–H and O–H groups in total. The predicted molar refractivity (Wildman–Crippen MR) is 209 cm³/mol. The molecule has 10 aromatic rings. The lowest BCUT2D eigenvalue weighted by Crippen LogP contribution is -2.00. The van der Waals surface area contributed by atoms with Crippen LogP contribution in [-0.2, 0) is 0 Å². The second kappa shape index (κ2) is 11.9. The van der Waals surface area contributed by atoms with E-state index in [4.69, 9.17) is 27.6 Å². The van der Waals surface area contributed by atoms with Crippen molar-refractivity contribution in [1.29, 1.82) is 0 Å². The molecule has 10 rings (SSSR count). The van der Waals surface area contributed by atoms with Crippen molar-refractivity contribution in [3.8, 4) is 56.4 Å². The van der Waals surface area contributed by atoms with Crippen molar-refractivity contribution in [2.45, 2.75) is 0 Å². The average Bonchev–Trinajstić information content (AvgIpc) is 3.65. The maximum absolute atomic E-state index is 9.21. The van der Waals surface area contributed by atoms with Crippen molar-refractivity contribution in [1.82, 2.24) is 15.0 Å². The van der Waals surface area contributed by atoms with E-state index in [0.29, 0.717) is 34.0 Å².